The number of hydrogen-bond acceptors (Lipinski definition) is 3. The Labute approximate surface area is 156 Å². The normalized spacial score (nSPS) is 17.8. The minimum absolute atomic E-state index is 0.0154. The predicted octanol–water partition coefficient (Wildman–Crippen LogP) is 3.56. The number of anilines is 1. The van der Waals surface area contributed by atoms with Gasteiger partial charge in [0.2, 0.25) is 5.91 Å². The van der Waals surface area contributed by atoms with E-state index >= 15 is 0 Å². The second kappa shape index (κ2) is 8.56. The SMILES string of the molecule is CC(C)N(C(=O)CNc1ccc(C(=O)NC2CC2)cc1)C1CCCCC1. The van der Waals surface area contributed by atoms with Gasteiger partial charge in [0, 0.05) is 29.4 Å². The Kier molecular flexibility index (Phi) is 6.17. The van der Waals surface area contributed by atoms with E-state index in [-0.39, 0.29) is 17.9 Å². The fourth-order valence-corrected chi connectivity index (χ4v) is 3.78. The molecule has 0 aliphatic heterocycles. The van der Waals surface area contributed by atoms with E-state index in [9.17, 15) is 9.59 Å². The summed E-state index contributed by atoms with van der Waals surface area (Å²) in [4.78, 5) is 26.8. The van der Waals surface area contributed by atoms with Crippen LogP contribution in [0.4, 0.5) is 5.69 Å². The van der Waals surface area contributed by atoms with Crippen molar-refractivity contribution in [3.63, 3.8) is 0 Å². The van der Waals surface area contributed by atoms with Crippen LogP contribution in [0.25, 0.3) is 0 Å². The highest BCUT2D eigenvalue weighted by Crippen LogP contribution is 2.24. The van der Waals surface area contributed by atoms with Crippen LogP contribution in [-0.2, 0) is 4.79 Å². The first-order valence-corrected chi connectivity index (χ1v) is 10.0. The lowest BCUT2D eigenvalue weighted by Crippen LogP contribution is -2.48. The first-order valence-electron chi connectivity index (χ1n) is 10.0. The van der Waals surface area contributed by atoms with Gasteiger partial charge in [-0.1, -0.05) is 19.3 Å². The number of rotatable bonds is 7. The Morgan fingerprint density at radius 3 is 2.27 bits per heavy atom. The van der Waals surface area contributed by atoms with E-state index in [0.717, 1.165) is 31.4 Å². The highest BCUT2D eigenvalue weighted by molar-refractivity contribution is 5.95. The molecular weight excluding hydrogens is 326 g/mol. The number of amides is 2. The maximum atomic E-state index is 12.8. The molecule has 3 rings (SSSR count). The van der Waals surface area contributed by atoms with Gasteiger partial charge in [-0.15, -0.1) is 0 Å². The van der Waals surface area contributed by atoms with Gasteiger partial charge in [-0.2, -0.15) is 0 Å². The van der Waals surface area contributed by atoms with Crippen LogP contribution >= 0.6 is 0 Å². The molecule has 0 atom stereocenters. The molecule has 2 aliphatic carbocycles. The molecule has 26 heavy (non-hydrogen) atoms. The molecule has 2 amide bonds. The zero-order chi connectivity index (χ0) is 18.5. The minimum atomic E-state index is -0.0154. The Bertz CT molecular complexity index is 617. The number of nitrogens with one attached hydrogen (secondary N) is 2. The number of carbonyl (C=O) groups is 2. The lowest BCUT2D eigenvalue weighted by Gasteiger charge is -2.37. The van der Waals surface area contributed by atoms with Gasteiger partial charge in [0.15, 0.2) is 0 Å². The van der Waals surface area contributed by atoms with E-state index in [1.54, 1.807) is 0 Å². The summed E-state index contributed by atoms with van der Waals surface area (Å²) in [6.45, 7) is 4.49. The molecule has 1 aromatic carbocycles. The van der Waals surface area contributed by atoms with Gasteiger partial charge >= 0.3 is 0 Å². The van der Waals surface area contributed by atoms with Crippen molar-refractivity contribution in [2.24, 2.45) is 0 Å². The molecule has 2 N–H and O–H groups in total. The second-order valence-electron chi connectivity index (χ2n) is 7.87. The van der Waals surface area contributed by atoms with Crippen LogP contribution in [0.15, 0.2) is 24.3 Å². The van der Waals surface area contributed by atoms with Crippen molar-refractivity contribution in [2.45, 2.75) is 76.9 Å². The maximum absolute atomic E-state index is 12.8. The first-order chi connectivity index (χ1) is 12.5. The van der Waals surface area contributed by atoms with Crippen LogP contribution in [0.2, 0.25) is 0 Å². The summed E-state index contributed by atoms with van der Waals surface area (Å²) in [6, 6.07) is 8.33. The molecule has 0 bridgehead atoms. The largest absolute Gasteiger partial charge is 0.376 e. The number of benzene rings is 1. The van der Waals surface area contributed by atoms with E-state index in [4.69, 9.17) is 0 Å². The molecule has 5 nitrogen and oxygen atoms in total. The minimum Gasteiger partial charge on any atom is -0.376 e. The summed E-state index contributed by atoms with van der Waals surface area (Å²) < 4.78 is 0. The molecule has 0 saturated heterocycles. The van der Waals surface area contributed by atoms with E-state index in [1.807, 2.05) is 24.3 Å². The molecular formula is C21H31N3O2. The molecule has 5 heteroatoms. The molecule has 0 heterocycles. The molecule has 0 radical (unpaired) electrons. The van der Waals surface area contributed by atoms with Gasteiger partial charge in [0.1, 0.15) is 0 Å². The fraction of sp³-hybridized carbons (Fsp3) is 0.619. The summed E-state index contributed by atoms with van der Waals surface area (Å²) in [5, 5.41) is 6.20. The molecule has 2 aliphatic rings. The standard InChI is InChI=1S/C21H31N3O2/c1-15(2)24(19-6-4-3-5-7-19)20(25)14-22-17-10-8-16(9-11-17)21(26)23-18-12-13-18/h8-11,15,18-19,22H,3-7,12-14H2,1-2H3,(H,23,26). The van der Waals surface area contributed by atoms with Gasteiger partial charge in [0.25, 0.3) is 5.91 Å². The number of hydrogen-bond donors (Lipinski definition) is 2. The molecule has 1 aromatic rings. The monoisotopic (exact) mass is 357 g/mol. The van der Waals surface area contributed by atoms with Crippen LogP contribution in [0.3, 0.4) is 0 Å². The summed E-state index contributed by atoms with van der Waals surface area (Å²) in [6.07, 6.45) is 8.14. The molecule has 2 saturated carbocycles. The Balaban J connectivity index is 1.53. The van der Waals surface area contributed by atoms with Crippen LogP contribution < -0.4 is 10.6 Å². The highest BCUT2D eigenvalue weighted by Gasteiger charge is 2.27. The Morgan fingerprint density at radius 1 is 1.04 bits per heavy atom. The second-order valence-corrected chi connectivity index (χ2v) is 7.87. The van der Waals surface area contributed by atoms with Crippen LogP contribution in [0.1, 0.15) is 69.2 Å². The third kappa shape index (κ3) is 4.99. The average molecular weight is 357 g/mol. The van der Waals surface area contributed by atoms with Gasteiger partial charge in [-0.3, -0.25) is 9.59 Å². The highest BCUT2D eigenvalue weighted by atomic mass is 16.2. The van der Waals surface area contributed by atoms with Gasteiger partial charge < -0.3 is 15.5 Å². The summed E-state index contributed by atoms with van der Waals surface area (Å²) in [5.41, 5.74) is 1.54. The summed E-state index contributed by atoms with van der Waals surface area (Å²) in [5.74, 6) is 0.140. The fourth-order valence-electron chi connectivity index (χ4n) is 3.78. The van der Waals surface area contributed by atoms with E-state index in [1.165, 1.54) is 19.3 Å². The third-order valence-electron chi connectivity index (χ3n) is 5.32. The van der Waals surface area contributed by atoms with Crippen molar-refractivity contribution < 1.29 is 9.59 Å². The molecule has 0 aromatic heterocycles. The zero-order valence-corrected chi connectivity index (χ0v) is 16.0. The number of carbonyl (C=O) groups excluding carboxylic acids is 2. The van der Waals surface area contributed by atoms with Crippen molar-refractivity contribution in [3.8, 4) is 0 Å². The van der Waals surface area contributed by atoms with Crippen molar-refractivity contribution >= 4 is 17.5 Å². The summed E-state index contributed by atoms with van der Waals surface area (Å²) in [7, 11) is 0. The lowest BCUT2D eigenvalue weighted by atomic mass is 9.93. The van der Waals surface area contributed by atoms with Crippen molar-refractivity contribution in [3.05, 3.63) is 29.8 Å². The van der Waals surface area contributed by atoms with Gasteiger partial charge in [0.05, 0.1) is 6.54 Å². The predicted molar refractivity (Wildman–Crippen MR) is 104 cm³/mol. The quantitative estimate of drug-likeness (QED) is 0.784. The molecule has 142 valence electrons. The molecule has 0 unspecified atom stereocenters. The zero-order valence-electron chi connectivity index (χ0n) is 16.0. The Hall–Kier alpha value is -2.04. The summed E-state index contributed by atoms with van der Waals surface area (Å²) >= 11 is 0. The molecule has 2 fully saturated rings. The maximum Gasteiger partial charge on any atom is 0.251 e. The van der Waals surface area contributed by atoms with Crippen LogP contribution in [-0.4, -0.2) is 41.4 Å². The van der Waals surface area contributed by atoms with Crippen LogP contribution in [0, 0.1) is 0 Å². The van der Waals surface area contributed by atoms with E-state index in [2.05, 4.69) is 29.4 Å². The third-order valence-corrected chi connectivity index (χ3v) is 5.32. The van der Waals surface area contributed by atoms with E-state index in [0.29, 0.717) is 24.2 Å². The van der Waals surface area contributed by atoms with Crippen molar-refractivity contribution in [1.82, 2.24) is 10.2 Å². The molecule has 0 spiro atoms. The van der Waals surface area contributed by atoms with Crippen molar-refractivity contribution in [2.75, 3.05) is 11.9 Å². The van der Waals surface area contributed by atoms with E-state index < -0.39 is 0 Å². The first kappa shape index (κ1) is 18.7. The Morgan fingerprint density at radius 2 is 1.69 bits per heavy atom. The lowest BCUT2D eigenvalue weighted by molar-refractivity contribution is -0.134. The van der Waals surface area contributed by atoms with Crippen LogP contribution in [0.5, 0.6) is 0 Å². The smallest absolute Gasteiger partial charge is 0.251 e. The number of nitrogens with zero attached hydrogens (tertiary/aromatic N) is 1. The average Bonchev–Trinajstić information content (AvgIpc) is 3.45. The van der Waals surface area contributed by atoms with Crippen molar-refractivity contribution in [1.29, 1.82) is 0 Å². The van der Waals surface area contributed by atoms with Gasteiger partial charge in [-0.25, -0.2) is 0 Å². The topological polar surface area (TPSA) is 61.4 Å². The van der Waals surface area contributed by atoms with Gasteiger partial charge in [-0.05, 0) is 63.8 Å².